The van der Waals surface area contributed by atoms with Crippen LogP contribution >= 0.6 is 0 Å². The van der Waals surface area contributed by atoms with E-state index in [4.69, 9.17) is 4.74 Å². The van der Waals surface area contributed by atoms with Gasteiger partial charge in [-0.05, 0) is 69.1 Å². The van der Waals surface area contributed by atoms with Gasteiger partial charge in [0.15, 0.2) is 0 Å². The number of carbonyl (C=O) groups excluding carboxylic acids is 2. The second-order valence-electron chi connectivity index (χ2n) is 12.9. The fraction of sp³-hybridized carbons (Fsp3) is 0.742. The fourth-order valence-corrected chi connectivity index (χ4v) is 7.65. The minimum atomic E-state index is -1.18. The van der Waals surface area contributed by atoms with Crippen LogP contribution in [0.5, 0.6) is 0 Å². The maximum atomic E-state index is 14.5. The Morgan fingerprint density at radius 2 is 1.69 bits per heavy atom. The number of benzene rings is 1. The number of amides is 2. The predicted molar refractivity (Wildman–Crippen MR) is 146 cm³/mol. The Morgan fingerprint density at radius 1 is 1.00 bits per heavy atom. The summed E-state index contributed by atoms with van der Waals surface area (Å²) in [6.07, 6.45) is 10.5. The standard InChI is InChI=1S/C31H44FN3O4/c1-21-20-34(17-18-35(21)29(37)30(38)15-16-30)28(36)23-11-9-22(10-12-23)27-33-31(14-13-25(32)19-26(31)39-27)24-7-5-3-2-4-6-8-24/h9-12,21,24-27,33,38H,2-8,13-20H2,1H3/t21-,25?,26?,27?,31?/m0/s1. The van der Waals surface area contributed by atoms with Crippen LogP contribution in [0, 0.1) is 5.92 Å². The molecule has 214 valence electrons. The van der Waals surface area contributed by atoms with Crippen LogP contribution in [0.2, 0.25) is 0 Å². The van der Waals surface area contributed by atoms with E-state index in [0.29, 0.717) is 56.8 Å². The molecule has 6 rings (SSSR count). The molecule has 0 spiro atoms. The van der Waals surface area contributed by atoms with Gasteiger partial charge in [-0.15, -0.1) is 0 Å². The summed E-state index contributed by atoms with van der Waals surface area (Å²) in [5.74, 6) is 0.257. The molecular weight excluding hydrogens is 497 g/mol. The normalized spacial score (nSPS) is 35.2. The lowest BCUT2D eigenvalue weighted by molar-refractivity contribution is -0.146. The molecule has 39 heavy (non-hydrogen) atoms. The second-order valence-corrected chi connectivity index (χ2v) is 12.9. The molecule has 2 amide bonds. The van der Waals surface area contributed by atoms with E-state index in [2.05, 4.69) is 5.32 Å². The van der Waals surface area contributed by atoms with Gasteiger partial charge in [-0.25, -0.2) is 4.39 Å². The van der Waals surface area contributed by atoms with Gasteiger partial charge in [0.1, 0.15) is 18.0 Å². The minimum absolute atomic E-state index is 0.0501. The van der Waals surface area contributed by atoms with Crippen LogP contribution in [0.1, 0.15) is 106 Å². The SMILES string of the molecule is C[C@H]1CN(C(=O)c2ccc(C3NC4(C5CCCCCCC5)CCC(F)CC4O3)cc2)CCN1C(=O)C1(O)CC1. The van der Waals surface area contributed by atoms with Gasteiger partial charge < -0.3 is 19.6 Å². The molecular formula is C31H44FN3O4. The third-order valence-corrected chi connectivity index (χ3v) is 10.2. The Hall–Kier alpha value is -2.03. The first-order valence-corrected chi connectivity index (χ1v) is 15.3. The smallest absolute Gasteiger partial charge is 0.254 e. The van der Waals surface area contributed by atoms with Crippen molar-refractivity contribution < 1.29 is 23.8 Å². The maximum absolute atomic E-state index is 14.5. The Balaban J connectivity index is 1.12. The third kappa shape index (κ3) is 5.24. The lowest BCUT2D eigenvalue weighted by atomic mass is 9.67. The molecule has 3 aliphatic carbocycles. The fourth-order valence-electron chi connectivity index (χ4n) is 7.65. The minimum Gasteiger partial charge on any atom is -0.380 e. The van der Waals surface area contributed by atoms with Crippen molar-refractivity contribution in [3.05, 3.63) is 35.4 Å². The van der Waals surface area contributed by atoms with Crippen molar-refractivity contribution in [3.63, 3.8) is 0 Å². The number of carbonyl (C=O) groups is 2. The quantitative estimate of drug-likeness (QED) is 0.587. The lowest BCUT2D eigenvalue weighted by Crippen LogP contribution is -2.57. The zero-order valence-corrected chi connectivity index (χ0v) is 23.2. The molecule has 5 aliphatic rings. The van der Waals surface area contributed by atoms with Gasteiger partial charge in [0.05, 0.1) is 11.6 Å². The number of hydrogen-bond donors (Lipinski definition) is 2. The highest BCUT2D eigenvalue weighted by atomic mass is 19.1. The molecule has 7 nitrogen and oxygen atoms in total. The molecule has 3 saturated carbocycles. The second kappa shape index (κ2) is 10.7. The molecule has 0 radical (unpaired) electrons. The molecule has 8 heteroatoms. The topological polar surface area (TPSA) is 82.1 Å². The molecule has 1 aromatic rings. The molecule has 2 N–H and O–H groups in total. The number of hydrogen-bond acceptors (Lipinski definition) is 5. The van der Waals surface area contributed by atoms with Crippen molar-refractivity contribution in [2.24, 2.45) is 5.92 Å². The van der Waals surface area contributed by atoms with E-state index in [1.54, 1.807) is 9.80 Å². The van der Waals surface area contributed by atoms with Crippen molar-refractivity contribution in [1.82, 2.24) is 15.1 Å². The van der Waals surface area contributed by atoms with Gasteiger partial charge in [0.25, 0.3) is 11.8 Å². The predicted octanol–water partition coefficient (Wildman–Crippen LogP) is 4.49. The van der Waals surface area contributed by atoms with Gasteiger partial charge >= 0.3 is 0 Å². The van der Waals surface area contributed by atoms with Crippen LogP contribution in [-0.4, -0.2) is 75.8 Å². The summed E-state index contributed by atoms with van der Waals surface area (Å²) in [7, 11) is 0. The van der Waals surface area contributed by atoms with Crippen LogP contribution in [0.3, 0.4) is 0 Å². The summed E-state index contributed by atoms with van der Waals surface area (Å²) in [5.41, 5.74) is 0.243. The highest BCUT2D eigenvalue weighted by Crippen LogP contribution is 2.49. The molecule has 1 aromatic carbocycles. The highest BCUT2D eigenvalue weighted by Gasteiger charge is 2.55. The van der Waals surface area contributed by atoms with E-state index in [9.17, 15) is 19.1 Å². The molecule has 5 atom stereocenters. The Labute approximate surface area is 231 Å². The maximum Gasteiger partial charge on any atom is 0.254 e. The average molecular weight is 542 g/mol. The van der Waals surface area contributed by atoms with Crippen molar-refractivity contribution in [3.8, 4) is 0 Å². The number of nitrogens with one attached hydrogen (secondary N) is 1. The van der Waals surface area contributed by atoms with Crippen LogP contribution in [0.15, 0.2) is 24.3 Å². The Kier molecular flexibility index (Phi) is 7.48. The molecule has 2 heterocycles. The first kappa shape index (κ1) is 27.2. The largest absolute Gasteiger partial charge is 0.380 e. The van der Waals surface area contributed by atoms with E-state index < -0.39 is 11.8 Å². The summed E-state index contributed by atoms with van der Waals surface area (Å²) in [6, 6.07) is 7.52. The number of ether oxygens (including phenoxy) is 1. The van der Waals surface area contributed by atoms with Gasteiger partial charge in [-0.1, -0.05) is 44.2 Å². The molecule has 0 aromatic heterocycles. The van der Waals surface area contributed by atoms with Crippen molar-refractivity contribution in [1.29, 1.82) is 0 Å². The van der Waals surface area contributed by atoms with E-state index in [1.165, 1.54) is 44.9 Å². The molecule has 2 saturated heterocycles. The number of rotatable bonds is 4. The van der Waals surface area contributed by atoms with Gasteiger partial charge in [0, 0.05) is 37.7 Å². The van der Waals surface area contributed by atoms with Crippen LogP contribution < -0.4 is 5.32 Å². The van der Waals surface area contributed by atoms with Gasteiger partial charge in [0.2, 0.25) is 0 Å². The third-order valence-electron chi connectivity index (χ3n) is 10.2. The number of nitrogens with zero attached hydrogens (tertiary/aromatic N) is 2. The molecule has 5 fully saturated rings. The number of halogens is 1. The van der Waals surface area contributed by atoms with Crippen LogP contribution in [0.4, 0.5) is 4.39 Å². The molecule has 4 unspecified atom stereocenters. The van der Waals surface area contributed by atoms with Crippen molar-refractivity contribution in [2.45, 2.75) is 120 Å². The summed E-state index contributed by atoms with van der Waals surface area (Å²) in [5, 5.41) is 14.1. The summed E-state index contributed by atoms with van der Waals surface area (Å²) in [4.78, 5) is 29.4. The molecule has 2 aliphatic heterocycles. The van der Waals surface area contributed by atoms with Crippen molar-refractivity contribution in [2.75, 3.05) is 19.6 Å². The number of piperazine rings is 1. The number of aliphatic hydroxyl groups is 1. The number of alkyl halides is 1. The van der Waals surface area contributed by atoms with Crippen LogP contribution in [-0.2, 0) is 9.53 Å². The van der Waals surface area contributed by atoms with E-state index in [-0.39, 0.29) is 35.7 Å². The summed E-state index contributed by atoms with van der Waals surface area (Å²) < 4.78 is 21.1. The van der Waals surface area contributed by atoms with Gasteiger partial charge in [-0.2, -0.15) is 0 Å². The molecule has 0 bridgehead atoms. The number of fused-ring (bicyclic) bond motifs is 1. The zero-order valence-electron chi connectivity index (χ0n) is 23.2. The van der Waals surface area contributed by atoms with Gasteiger partial charge in [-0.3, -0.25) is 14.9 Å². The zero-order chi connectivity index (χ0) is 27.2. The lowest BCUT2D eigenvalue weighted by Gasteiger charge is -2.45. The van der Waals surface area contributed by atoms with E-state index in [0.717, 1.165) is 12.0 Å². The Bertz CT molecular complexity index is 1050. The first-order valence-electron chi connectivity index (χ1n) is 15.3. The van der Waals surface area contributed by atoms with E-state index >= 15 is 0 Å². The van der Waals surface area contributed by atoms with E-state index in [1.807, 2.05) is 31.2 Å². The van der Waals surface area contributed by atoms with Crippen LogP contribution in [0.25, 0.3) is 0 Å². The average Bonchev–Trinajstić information content (AvgIpc) is 3.55. The first-order chi connectivity index (χ1) is 18.8. The highest BCUT2D eigenvalue weighted by molar-refractivity contribution is 5.94. The summed E-state index contributed by atoms with van der Waals surface area (Å²) in [6.45, 7) is 3.27. The summed E-state index contributed by atoms with van der Waals surface area (Å²) >= 11 is 0. The monoisotopic (exact) mass is 541 g/mol. The Morgan fingerprint density at radius 3 is 2.36 bits per heavy atom. The van der Waals surface area contributed by atoms with Crippen molar-refractivity contribution >= 4 is 11.8 Å².